The molecule has 0 aromatic carbocycles. The molecule has 0 aromatic rings. The molecule has 0 heterocycles. The molecular weight excluding hydrogens is 248 g/mol. The van der Waals surface area contributed by atoms with E-state index in [1.165, 1.54) is 71.3 Å². The highest BCUT2D eigenvalue weighted by Gasteiger charge is 1.98. The summed E-state index contributed by atoms with van der Waals surface area (Å²) in [6, 6.07) is 0. The molecule has 0 N–H and O–H groups in total. The highest BCUT2D eigenvalue weighted by atomic mass is 16.5. The van der Waals surface area contributed by atoms with Crippen molar-refractivity contribution < 1.29 is 9.53 Å². The number of hydrogen-bond acceptors (Lipinski definition) is 2. The average molecular weight is 282 g/mol. The Morgan fingerprint density at radius 2 is 1.30 bits per heavy atom. The molecular formula is C18H34O2. The number of ether oxygens (including phenoxy) is 1. The zero-order valence-electron chi connectivity index (χ0n) is 13.7. The maximum atomic E-state index is 10.9. The second-order valence-corrected chi connectivity index (χ2v) is 5.56. The fourth-order valence-corrected chi connectivity index (χ4v) is 2.27. The molecule has 0 radical (unpaired) electrons. The first kappa shape index (κ1) is 19.2. The van der Waals surface area contributed by atoms with Crippen LogP contribution in [0.15, 0.2) is 12.2 Å². The van der Waals surface area contributed by atoms with Crippen LogP contribution in [0.1, 0.15) is 90.4 Å². The smallest absolute Gasteiger partial charge is 0.305 e. The van der Waals surface area contributed by atoms with Gasteiger partial charge in [-0.25, -0.2) is 0 Å². The van der Waals surface area contributed by atoms with Gasteiger partial charge in [-0.2, -0.15) is 0 Å². The minimum Gasteiger partial charge on any atom is -0.469 e. The summed E-state index contributed by atoms with van der Waals surface area (Å²) in [5.74, 6) is -0.0734. The number of unbranched alkanes of at least 4 members (excludes halogenated alkanes) is 10. The summed E-state index contributed by atoms with van der Waals surface area (Å²) in [7, 11) is 1.46. The third-order valence-electron chi connectivity index (χ3n) is 3.62. The molecule has 2 heteroatoms. The number of carbonyl (C=O) groups excluding carboxylic acids is 1. The van der Waals surface area contributed by atoms with Gasteiger partial charge in [0, 0.05) is 6.42 Å². The third-order valence-corrected chi connectivity index (χ3v) is 3.62. The largest absolute Gasteiger partial charge is 0.469 e. The molecule has 0 saturated carbocycles. The first-order chi connectivity index (χ1) is 9.81. The highest BCUT2D eigenvalue weighted by Crippen LogP contribution is 2.10. The van der Waals surface area contributed by atoms with Gasteiger partial charge in [-0.15, -0.1) is 0 Å². The predicted octanol–water partition coefficient (Wildman–Crippen LogP) is 5.81. The zero-order valence-corrected chi connectivity index (χ0v) is 13.7. The number of rotatable bonds is 14. The van der Waals surface area contributed by atoms with Gasteiger partial charge >= 0.3 is 5.97 Å². The summed E-state index contributed by atoms with van der Waals surface area (Å²) in [5, 5.41) is 0. The normalized spacial score (nSPS) is 11.1. The molecule has 0 unspecified atom stereocenters. The van der Waals surface area contributed by atoms with Crippen molar-refractivity contribution in [1.82, 2.24) is 0 Å². The lowest BCUT2D eigenvalue weighted by molar-refractivity contribution is -0.140. The second-order valence-electron chi connectivity index (χ2n) is 5.56. The number of carbonyl (C=O) groups is 1. The van der Waals surface area contributed by atoms with E-state index in [4.69, 9.17) is 0 Å². The maximum absolute atomic E-state index is 10.9. The molecule has 2 nitrogen and oxygen atoms in total. The quantitative estimate of drug-likeness (QED) is 0.228. The molecule has 0 saturated heterocycles. The summed E-state index contributed by atoms with van der Waals surface area (Å²) in [6.07, 6.45) is 20.5. The Morgan fingerprint density at radius 3 is 1.85 bits per heavy atom. The van der Waals surface area contributed by atoms with Gasteiger partial charge in [-0.05, 0) is 32.1 Å². The van der Waals surface area contributed by atoms with Gasteiger partial charge in [-0.3, -0.25) is 4.79 Å². The Kier molecular flexibility index (Phi) is 15.6. The van der Waals surface area contributed by atoms with Gasteiger partial charge in [-0.1, -0.05) is 64.0 Å². The summed E-state index contributed by atoms with van der Waals surface area (Å²) >= 11 is 0. The molecule has 20 heavy (non-hydrogen) atoms. The molecule has 0 bridgehead atoms. The van der Waals surface area contributed by atoms with E-state index in [2.05, 4.69) is 23.8 Å². The zero-order chi connectivity index (χ0) is 14.9. The van der Waals surface area contributed by atoms with Gasteiger partial charge in [0.15, 0.2) is 0 Å². The van der Waals surface area contributed by atoms with Gasteiger partial charge in [0.25, 0.3) is 0 Å². The summed E-state index contributed by atoms with van der Waals surface area (Å²) < 4.78 is 4.62. The first-order valence-corrected chi connectivity index (χ1v) is 8.53. The Bertz CT molecular complexity index is 234. The van der Waals surface area contributed by atoms with E-state index in [9.17, 15) is 4.79 Å². The van der Waals surface area contributed by atoms with Crippen molar-refractivity contribution in [3.05, 3.63) is 12.2 Å². The summed E-state index contributed by atoms with van der Waals surface area (Å²) in [4.78, 5) is 10.9. The first-order valence-electron chi connectivity index (χ1n) is 8.53. The van der Waals surface area contributed by atoms with Crippen molar-refractivity contribution in [2.75, 3.05) is 7.11 Å². The lowest BCUT2D eigenvalue weighted by atomic mass is 10.1. The fraction of sp³-hybridized carbons (Fsp3) is 0.833. The van der Waals surface area contributed by atoms with Crippen LogP contribution in [0.4, 0.5) is 0 Å². The van der Waals surface area contributed by atoms with Crippen molar-refractivity contribution in [1.29, 1.82) is 0 Å². The van der Waals surface area contributed by atoms with Crippen LogP contribution < -0.4 is 0 Å². The van der Waals surface area contributed by atoms with Crippen LogP contribution in [-0.4, -0.2) is 13.1 Å². The summed E-state index contributed by atoms with van der Waals surface area (Å²) in [6.45, 7) is 2.25. The SMILES string of the molecule is CCCCC/C=C\CCCCCCCCCC(=O)OC. The van der Waals surface area contributed by atoms with Gasteiger partial charge < -0.3 is 4.74 Å². The predicted molar refractivity (Wildman–Crippen MR) is 86.9 cm³/mol. The molecule has 0 aliphatic heterocycles. The van der Waals surface area contributed by atoms with Gasteiger partial charge in [0.1, 0.15) is 0 Å². The van der Waals surface area contributed by atoms with E-state index in [0.717, 1.165) is 12.8 Å². The van der Waals surface area contributed by atoms with E-state index in [1.54, 1.807) is 0 Å². The van der Waals surface area contributed by atoms with Crippen LogP contribution >= 0.6 is 0 Å². The minimum absolute atomic E-state index is 0.0734. The third kappa shape index (κ3) is 15.3. The monoisotopic (exact) mass is 282 g/mol. The average Bonchev–Trinajstić information content (AvgIpc) is 2.47. The molecule has 0 fully saturated rings. The minimum atomic E-state index is -0.0734. The fourth-order valence-electron chi connectivity index (χ4n) is 2.27. The van der Waals surface area contributed by atoms with E-state index in [1.807, 2.05) is 0 Å². The van der Waals surface area contributed by atoms with Crippen LogP contribution in [0.2, 0.25) is 0 Å². The Hall–Kier alpha value is -0.790. The second kappa shape index (κ2) is 16.3. The molecule has 0 aliphatic carbocycles. The number of allylic oxidation sites excluding steroid dienone is 2. The Labute approximate surface area is 126 Å². The molecule has 0 aromatic heterocycles. The number of methoxy groups -OCH3 is 1. The van der Waals surface area contributed by atoms with Crippen molar-refractivity contribution >= 4 is 5.97 Å². The number of esters is 1. The Balaban J connectivity index is 3.07. The van der Waals surface area contributed by atoms with Crippen molar-refractivity contribution in [2.45, 2.75) is 90.4 Å². The van der Waals surface area contributed by atoms with Crippen LogP contribution in [0.3, 0.4) is 0 Å². The van der Waals surface area contributed by atoms with E-state index in [-0.39, 0.29) is 5.97 Å². The lowest BCUT2D eigenvalue weighted by Crippen LogP contribution is -1.99. The van der Waals surface area contributed by atoms with Crippen molar-refractivity contribution in [3.63, 3.8) is 0 Å². The molecule has 0 rings (SSSR count). The molecule has 0 aliphatic rings. The molecule has 118 valence electrons. The number of hydrogen-bond donors (Lipinski definition) is 0. The molecule has 0 spiro atoms. The van der Waals surface area contributed by atoms with Crippen LogP contribution in [0.25, 0.3) is 0 Å². The van der Waals surface area contributed by atoms with Gasteiger partial charge in [0.05, 0.1) is 7.11 Å². The van der Waals surface area contributed by atoms with Crippen molar-refractivity contribution in [2.24, 2.45) is 0 Å². The van der Waals surface area contributed by atoms with Gasteiger partial charge in [0.2, 0.25) is 0 Å². The maximum Gasteiger partial charge on any atom is 0.305 e. The Morgan fingerprint density at radius 1 is 0.800 bits per heavy atom. The van der Waals surface area contributed by atoms with Crippen LogP contribution in [0.5, 0.6) is 0 Å². The topological polar surface area (TPSA) is 26.3 Å². The van der Waals surface area contributed by atoms with Crippen LogP contribution in [-0.2, 0) is 9.53 Å². The lowest BCUT2D eigenvalue weighted by Gasteiger charge is -2.01. The van der Waals surface area contributed by atoms with E-state index in [0.29, 0.717) is 6.42 Å². The van der Waals surface area contributed by atoms with Crippen molar-refractivity contribution in [3.8, 4) is 0 Å². The molecule has 0 amide bonds. The van der Waals surface area contributed by atoms with E-state index >= 15 is 0 Å². The van der Waals surface area contributed by atoms with E-state index < -0.39 is 0 Å². The molecule has 0 atom stereocenters. The highest BCUT2D eigenvalue weighted by molar-refractivity contribution is 5.68. The summed E-state index contributed by atoms with van der Waals surface area (Å²) in [5.41, 5.74) is 0. The standard InChI is InChI=1S/C18H34O2/c1-3-4-5-6-7-8-9-10-11-12-13-14-15-16-17-18(19)20-2/h7-8H,3-6,9-17H2,1-2H3/b8-7-. The van der Waals surface area contributed by atoms with Crippen LogP contribution in [0, 0.1) is 0 Å².